The first-order chi connectivity index (χ1) is 11.1. The Labute approximate surface area is 137 Å². The third-order valence-electron chi connectivity index (χ3n) is 4.56. The monoisotopic (exact) mass is 328 g/mol. The molecule has 0 spiro atoms. The average molecular weight is 328 g/mol. The van der Waals surface area contributed by atoms with Crippen molar-refractivity contribution in [1.82, 2.24) is 10.2 Å². The predicted molar refractivity (Wildman–Crippen MR) is 84.1 cm³/mol. The lowest BCUT2D eigenvalue weighted by Gasteiger charge is -2.32. The van der Waals surface area contributed by atoms with E-state index in [1.807, 2.05) is 0 Å². The minimum atomic E-state index is -0.696. The fraction of sp³-hybridized carbons (Fsp3) is 0.875. The van der Waals surface area contributed by atoms with Gasteiger partial charge in [0.1, 0.15) is 0 Å². The highest BCUT2D eigenvalue weighted by Gasteiger charge is 2.29. The summed E-state index contributed by atoms with van der Waals surface area (Å²) in [4.78, 5) is 25.2. The molecule has 132 valence electrons. The molecule has 1 aliphatic heterocycles. The van der Waals surface area contributed by atoms with Crippen LogP contribution < -0.4 is 5.32 Å². The molecule has 0 bridgehead atoms. The molecule has 7 heteroatoms. The van der Waals surface area contributed by atoms with Crippen molar-refractivity contribution >= 4 is 12.0 Å². The topological polar surface area (TPSA) is 77.1 Å². The van der Waals surface area contributed by atoms with Crippen LogP contribution in [0.25, 0.3) is 0 Å². The number of nitrogens with one attached hydrogen (secondary N) is 1. The highest BCUT2D eigenvalue weighted by Crippen LogP contribution is 2.25. The fourth-order valence-electron chi connectivity index (χ4n) is 3.12. The Bertz CT molecular complexity index is 404. The zero-order valence-electron chi connectivity index (χ0n) is 14.1. The van der Waals surface area contributed by atoms with Crippen LogP contribution in [0.4, 0.5) is 4.79 Å². The molecule has 0 aromatic rings. The molecule has 2 fully saturated rings. The number of morpholine rings is 1. The molecular weight excluding hydrogens is 300 g/mol. The first kappa shape index (κ1) is 18.0. The molecule has 3 atom stereocenters. The number of nitrogens with zero attached hydrogens (tertiary/aromatic N) is 1. The zero-order chi connectivity index (χ0) is 16.7. The molecule has 0 aromatic carbocycles. The third-order valence-corrected chi connectivity index (χ3v) is 4.56. The number of carbonyl (C=O) groups is 2. The molecule has 23 heavy (non-hydrogen) atoms. The lowest BCUT2D eigenvalue weighted by molar-refractivity contribution is -0.158. The maximum atomic E-state index is 12.1. The minimum Gasteiger partial charge on any atom is -0.467 e. The summed E-state index contributed by atoms with van der Waals surface area (Å²) in [5.41, 5.74) is 0. The van der Waals surface area contributed by atoms with Gasteiger partial charge in [0.05, 0.1) is 33.0 Å². The average Bonchev–Trinajstić information content (AvgIpc) is 2.59. The number of urea groups is 1. The van der Waals surface area contributed by atoms with Gasteiger partial charge < -0.3 is 24.4 Å². The van der Waals surface area contributed by atoms with Crippen molar-refractivity contribution in [3.8, 4) is 0 Å². The van der Waals surface area contributed by atoms with Gasteiger partial charge in [-0.25, -0.2) is 9.59 Å². The van der Waals surface area contributed by atoms with E-state index >= 15 is 0 Å². The number of amides is 2. The normalized spacial score (nSPS) is 28.3. The smallest absolute Gasteiger partial charge is 0.336 e. The number of hydrogen-bond acceptors (Lipinski definition) is 5. The van der Waals surface area contributed by atoms with Crippen LogP contribution >= 0.6 is 0 Å². The van der Waals surface area contributed by atoms with Gasteiger partial charge in [-0.05, 0) is 18.8 Å². The summed E-state index contributed by atoms with van der Waals surface area (Å²) in [5, 5.41) is 2.84. The van der Waals surface area contributed by atoms with E-state index < -0.39 is 12.1 Å². The summed E-state index contributed by atoms with van der Waals surface area (Å²) in [7, 11) is 1.31. The van der Waals surface area contributed by atoms with Crippen molar-refractivity contribution in [1.29, 1.82) is 0 Å². The number of esters is 1. The Morgan fingerprint density at radius 2 is 2.09 bits per heavy atom. The van der Waals surface area contributed by atoms with Gasteiger partial charge >= 0.3 is 12.0 Å². The summed E-state index contributed by atoms with van der Waals surface area (Å²) in [6.07, 6.45) is 4.46. The van der Waals surface area contributed by atoms with Crippen molar-refractivity contribution in [3.05, 3.63) is 0 Å². The van der Waals surface area contributed by atoms with Crippen LogP contribution in [0.1, 0.15) is 32.6 Å². The Hall–Kier alpha value is -1.34. The summed E-state index contributed by atoms with van der Waals surface area (Å²) < 4.78 is 15.8. The van der Waals surface area contributed by atoms with Gasteiger partial charge in [0.2, 0.25) is 0 Å². The Morgan fingerprint density at radius 3 is 2.83 bits per heavy atom. The van der Waals surface area contributed by atoms with Crippen LogP contribution in [0.3, 0.4) is 0 Å². The van der Waals surface area contributed by atoms with E-state index in [1.54, 1.807) is 4.90 Å². The summed E-state index contributed by atoms with van der Waals surface area (Å²) in [6, 6.07) is -0.192. The molecule has 1 heterocycles. The highest BCUT2D eigenvalue weighted by atomic mass is 16.6. The number of carbonyl (C=O) groups excluding carboxylic acids is 2. The Kier molecular flexibility index (Phi) is 7.11. The number of methoxy groups -OCH3 is 1. The highest BCUT2D eigenvalue weighted by molar-refractivity contribution is 5.78. The van der Waals surface area contributed by atoms with Crippen LogP contribution in [-0.2, 0) is 19.0 Å². The maximum absolute atomic E-state index is 12.1. The van der Waals surface area contributed by atoms with Crippen molar-refractivity contribution < 1.29 is 23.8 Å². The van der Waals surface area contributed by atoms with Gasteiger partial charge in [-0.15, -0.1) is 0 Å². The molecule has 1 aliphatic carbocycles. The molecule has 2 amide bonds. The summed E-state index contributed by atoms with van der Waals surface area (Å²) >= 11 is 0. The standard InChI is InChI=1S/C16H28N2O5/c1-12-5-3-4-6-13(12)22-9-7-17-16(20)18-8-10-23-14(11-18)15(19)21-2/h12-14H,3-11H2,1-2H3,(H,17,20)/t12-,13+,14-/m0/s1. The van der Waals surface area contributed by atoms with E-state index in [0.717, 1.165) is 6.42 Å². The number of ether oxygens (including phenoxy) is 3. The maximum Gasteiger partial charge on any atom is 0.336 e. The molecule has 1 N–H and O–H groups in total. The third kappa shape index (κ3) is 5.35. The molecule has 0 unspecified atom stereocenters. The van der Waals surface area contributed by atoms with Crippen LogP contribution in [0, 0.1) is 5.92 Å². The molecule has 2 rings (SSSR count). The molecule has 1 saturated carbocycles. The van der Waals surface area contributed by atoms with E-state index in [9.17, 15) is 9.59 Å². The van der Waals surface area contributed by atoms with Gasteiger partial charge in [-0.1, -0.05) is 19.8 Å². The van der Waals surface area contributed by atoms with E-state index in [2.05, 4.69) is 17.0 Å². The van der Waals surface area contributed by atoms with E-state index in [1.165, 1.54) is 26.4 Å². The van der Waals surface area contributed by atoms with Crippen molar-refractivity contribution in [2.24, 2.45) is 5.92 Å². The van der Waals surface area contributed by atoms with Crippen LogP contribution in [0.5, 0.6) is 0 Å². The largest absolute Gasteiger partial charge is 0.467 e. The first-order valence-corrected chi connectivity index (χ1v) is 8.45. The second-order valence-electron chi connectivity index (χ2n) is 6.23. The quantitative estimate of drug-likeness (QED) is 0.605. The van der Waals surface area contributed by atoms with E-state index in [-0.39, 0.29) is 12.6 Å². The molecule has 1 saturated heterocycles. The van der Waals surface area contributed by atoms with Crippen LogP contribution in [0.2, 0.25) is 0 Å². The van der Waals surface area contributed by atoms with Crippen molar-refractivity contribution in [3.63, 3.8) is 0 Å². The van der Waals surface area contributed by atoms with Crippen LogP contribution in [0.15, 0.2) is 0 Å². The van der Waals surface area contributed by atoms with Gasteiger partial charge in [-0.3, -0.25) is 0 Å². The lowest BCUT2D eigenvalue weighted by Crippen LogP contribution is -2.52. The minimum absolute atomic E-state index is 0.192. The molecule has 0 radical (unpaired) electrons. The Morgan fingerprint density at radius 1 is 1.30 bits per heavy atom. The van der Waals surface area contributed by atoms with E-state index in [0.29, 0.717) is 38.3 Å². The van der Waals surface area contributed by atoms with Crippen LogP contribution in [-0.4, -0.2) is 69.1 Å². The predicted octanol–water partition coefficient (Wildman–Crippen LogP) is 1.17. The fourth-order valence-corrected chi connectivity index (χ4v) is 3.12. The van der Waals surface area contributed by atoms with Crippen molar-refractivity contribution in [2.75, 3.05) is 40.0 Å². The van der Waals surface area contributed by atoms with Gasteiger partial charge in [0, 0.05) is 13.1 Å². The first-order valence-electron chi connectivity index (χ1n) is 8.45. The summed E-state index contributed by atoms with van der Waals surface area (Å²) in [5.74, 6) is 0.150. The lowest BCUT2D eigenvalue weighted by atomic mass is 9.88. The second kappa shape index (κ2) is 9.08. The van der Waals surface area contributed by atoms with Crippen molar-refractivity contribution in [2.45, 2.75) is 44.8 Å². The second-order valence-corrected chi connectivity index (χ2v) is 6.23. The van der Waals surface area contributed by atoms with Gasteiger partial charge in [-0.2, -0.15) is 0 Å². The SMILES string of the molecule is COC(=O)[C@@H]1CN(C(=O)NCCO[C@@H]2CCCC[C@@H]2C)CCO1. The molecule has 2 aliphatic rings. The Balaban J connectivity index is 1.65. The molecular formula is C16H28N2O5. The molecule has 7 nitrogen and oxygen atoms in total. The summed E-state index contributed by atoms with van der Waals surface area (Å²) in [6.45, 7) is 4.25. The van der Waals surface area contributed by atoms with Gasteiger partial charge in [0.15, 0.2) is 6.10 Å². The number of rotatable bonds is 5. The van der Waals surface area contributed by atoms with Gasteiger partial charge in [0.25, 0.3) is 0 Å². The molecule has 0 aromatic heterocycles. The van der Waals surface area contributed by atoms with E-state index in [4.69, 9.17) is 9.47 Å². The number of hydrogen-bond donors (Lipinski definition) is 1. The zero-order valence-corrected chi connectivity index (χ0v) is 14.1.